The highest BCUT2D eigenvalue weighted by molar-refractivity contribution is 6.04. The summed E-state index contributed by atoms with van der Waals surface area (Å²) in [4.78, 5) is 40.8. The Labute approximate surface area is 213 Å². The number of amides is 2. The number of nitrogens with zero attached hydrogens (tertiary/aromatic N) is 5. The number of nitrogens with two attached hydrogens (primary N) is 1. The van der Waals surface area contributed by atoms with Crippen LogP contribution in [0.1, 0.15) is 47.9 Å². The molecule has 6 rings (SSSR count). The zero-order chi connectivity index (χ0) is 25.4. The third-order valence-electron chi connectivity index (χ3n) is 6.71. The van der Waals surface area contributed by atoms with E-state index in [1.54, 1.807) is 36.7 Å². The first-order chi connectivity index (χ1) is 18.1. The van der Waals surface area contributed by atoms with Gasteiger partial charge < -0.3 is 16.0 Å². The van der Waals surface area contributed by atoms with Crippen molar-refractivity contribution in [2.45, 2.75) is 31.7 Å². The van der Waals surface area contributed by atoms with E-state index in [1.807, 2.05) is 33.7 Å². The van der Waals surface area contributed by atoms with Gasteiger partial charge in [-0.05, 0) is 55.9 Å². The molecule has 3 aromatic heterocycles. The fourth-order valence-corrected chi connectivity index (χ4v) is 4.67. The molecule has 1 atom stereocenters. The van der Waals surface area contributed by atoms with E-state index in [-0.39, 0.29) is 17.9 Å². The van der Waals surface area contributed by atoms with Crippen LogP contribution >= 0.6 is 0 Å². The molecule has 2 aliphatic rings. The minimum Gasteiger partial charge on any atom is -0.382 e. The summed E-state index contributed by atoms with van der Waals surface area (Å²) in [5.74, 6) is 7.43. The van der Waals surface area contributed by atoms with Crippen LogP contribution < -0.4 is 11.1 Å². The normalized spacial score (nSPS) is 16.9. The van der Waals surface area contributed by atoms with Gasteiger partial charge in [-0.3, -0.25) is 14.0 Å². The van der Waals surface area contributed by atoms with Crippen molar-refractivity contribution in [1.29, 1.82) is 0 Å². The number of imidazole rings is 1. The summed E-state index contributed by atoms with van der Waals surface area (Å²) in [7, 11) is 0. The molecule has 2 fully saturated rings. The van der Waals surface area contributed by atoms with Gasteiger partial charge in [-0.15, -0.1) is 0 Å². The number of carbonyl (C=O) groups excluding carboxylic acids is 2. The second-order valence-corrected chi connectivity index (χ2v) is 9.30. The van der Waals surface area contributed by atoms with Gasteiger partial charge in [-0.1, -0.05) is 24.1 Å². The standard InChI is InChI=1S/C28H25N7O2/c29-26-25-24(19-9-11-20(12-10-19)28(37)32-22-5-1-2-14-30-22)33-27(35(25)17-15-31-26)21-4-3-16-34(21)23(36)13-8-18-6-7-18/h1-2,5,9-12,14-15,17-18,21H,3-4,6-7,16H2,(H2,29,31)(H,30,32,37)/t21-/m0/s1. The predicted molar refractivity (Wildman–Crippen MR) is 139 cm³/mol. The minimum atomic E-state index is -0.255. The van der Waals surface area contributed by atoms with Crippen LogP contribution in [0, 0.1) is 17.8 Å². The topological polar surface area (TPSA) is 119 Å². The van der Waals surface area contributed by atoms with Gasteiger partial charge in [0, 0.05) is 42.2 Å². The summed E-state index contributed by atoms with van der Waals surface area (Å²) in [5.41, 5.74) is 8.92. The van der Waals surface area contributed by atoms with E-state index in [9.17, 15) is 9.59 Å². The van der Waals surface area contributed by atoms with E-state index in [2.05, 4.69) is 27.1 Å². The number of pyridine rings is 1. The van der Waals surface area contributed by atoms with E-state index in [0.29, 0.717) is 40.9 Å². The Bertz CT molecular complexity index is 1550. The van der Waals surface area contributed by atoms with Crippen LogP contribution in [0.15, 0.2) is 61.1 Å². The van der Waals surface area contributed by atoms with Gasteiger partial charge in [-0.2, -0.15) is 0 Å². The summed E-state index contributed by atoms with van der Waals surface area (Å²) in [6.45, 7) is 0.647. The summed E-state index contributed by atoms with van der Waals surface area (Å²) in [5, 5.41) is 2.79. The first-order valence-corrected chi connectivity index (χ1v) is 12.4. The van der Waals surface area contributed by atoms with Crippen LogP contribution in [0.2, 0.25) is 0 Å². The van der Waals surface area contributed by atoms with E-state index in [1.165, 1.54) is 0 Å². The number of hydrogen-bond donors (Lipinski definition) is 2. The molecular weight excluding hydrogens is 466 g/mol. The number of anilines is 2. The number of hydrogen-bond acceptors (Lipinski definition) is 6. The molecule has 9 nitrogen and oxygen atoms in total. The highest BCUT2D eigenvalue weighted by Crippen LogP contribution is 2.36. The van der Waals surface area contributed by atoms with E-state index >= 15 is 0 Å². The molecule has 1 saturated heterocycles. The van der Waals surface area contributed by atoms with Crippen LogP contribution in [0.4, 0.5) is 11.6 Å². The fraction of sp³-hybridized carbons (Fsp3) is 0.250. The van der Waals surface area contributed by atoms with Crippen LogP contribution in [0.25, 0.3) is 16.8 Å². The number of likely N-dealkylation sites (tertiary alicyclic amines) is 1. The van der Waals surface area contributed by atoms with Crippen LogP contribution in [0.5, 0.6) is 0 Å². The van der Waals surface area contributed by atoms with Crippen molar-refractivity contribution in [3.63, 3.8) is 0 Å². The van der Waals surface area contributed by atoms with Crippen molar-refractivity contribution in [3.05, 3.63) is 72.4 Å². The SMILES string of the molecule is Nc1nccn2c([C@@H]3CCCN3C(=O)C#CC3CC3)nc(-c3ccc(C(=O)Nc4ccccn4)cc3)c12. The van der Waals surface area contributed by atoms with Gasteiger partial charge in [0.1, 0.15) is 28.7 Å². The van der Waals surface area contributed by atoms with Gasteiger partial charge in [-0.25, -0.2) is 15.0 Å². The fourth-order valence-electron chi connectivity index (χ4n) is 4.67. The number of rotatable bonds is 4. The Kier molecular flexibility index (Phi) is 5.77. The predicted octanol–water partition coefficient (Wildman–Crippen LogP) is 3.70. The second kappa shape index (κ2) is 9.39. The lowest BCUT2D eigenvalue weighted by Crippen LogP contribution is -2.30. The Hall–Kier alpha value is -4.71. The monoisotopic (exact) mass is 491 g/mol. The van der Waals surface area contributed by atoms with Gasteiger partial charge in [0.15, 0.2) is 0 Å². The lowest BCUT2D eigenvalue weighted by atomic mass is 10.1. The number of fused-ring (bicyclic) bond motifs is 1. The molecule has 4 heterocycles. The Morgan fingerprint density at radius 3 is 2.62 bits per heavy atom. The summed E-state index contributed by atoms with van der Waals surface area (Å²) in [6, 6.07) is 12.3. The zero-order valence-electron chi connectivity index (χ0n) is 20.1. The molecular formula is C28H25N7O2. The maximum Gasteiger partial charge on any atom is 0.299 e. The highest BCUT2D eigenvalue weighted by Gasteiger charge is 2.34. The Morgan fingerprint density at radius 1 is 1.03 bits per heavy atom. The first kappa shape index (κ1) is 22.7. The third-order valence-corrected chi connectivity index (χ3v) is 6.71. The largest absolute Gasteiger partial charge is 0.382 e. The molecule has 1 aromatic carbocycles. The van der Waals surface area contributed by atoms with Crippen molar-refractivity contribution in [1.82, 2.24) is 24.3 Å². The van der Waals surface area contributed by atoms with Crippen LogP contribution in [-0.2, 0) is 4.79 Å². The van der Waals surface area contributed by atoms with Gasteiger partial charge >= 0.3 is 0 Å². The quantitative estimate of drug-likeness (QED) is 0.420. The van der Waals surface area contributed by atoms with Crippen molar-refractivity contribution in [2.75, 3.05) is 17.6 Å². The summed E-state index contributed by atoms with van der Waals surface area (Å²) < 4.78 is 1.92. The molecule has 9 heteroatoms. The number of aromatic nitrogens is 4. The summed E-state index contributed by atoms with van der Waals surface area (Å²) >= 11 is 0. The first-order valence-electron chi connectivity index (χ1n) is 12.4. The van der Waals surface area contributed by atoms with Crippen molar-refractivity contribution >= 4 is 29.0 Å². The number of nitrogens with one attached hydrogen (secondary N) is 1. The average molecular weight is 492 g/mol. The molecule has 184 valence electrons. The van der Waals surface area contributed by atoms with E-state index in [4.69, 9.17) is 10.7 Å². The Morgan fingerprint density at radius 2 is 1.86 bits per heavy atom. The molecule has 4 aromatic rings. The molecule has 0 radical (unpaired) electrons. The number of benzene rings is 1. The molecule has 1 aliphatic heterocycles. The van der Waals surface area contributed by atoms with Crippen LogP contribution in [0.3, 0.4) is 0 Å². The molecule has 1 aliphatic carbocycles. The van der Waals surface area contributed by atoms with Gasteiger partial charge in [0.25, 0.3) is 11.8 Å². The maximum atomic E-state index is 12.9. The zero-order valence-corrected chi connectivity index (χ0v) is 20.1. The minimum absolute atomic E-state index is 0.155. The van der Waals surface area contributed by atoms with Gasteiger partial charge in [0.2, 0.25) is 0 Å². The van der Waals surface area contributed by atoms with E-state index in [0.717, 1.165) is 37.1 Å². The third kappa shape index (κ3) is 4.49. The smallest absolute Gasteiger partial charge is 0.299 e. The van der Waals surface area contributed by atoms with Crippen molar-refractivity contribution in [2.24, 2.45) is 5.92 Å². The number of nitrogen functional groups attached to an aromatic ring is 1. The molecule has 0 unspecified atom stereocenters. The maximum absolute atomic E-state index is 12.9. The molecule has 0 bridgehead atoms. The van der Waals surface area contributed by atoms with Crippen LogP contribution in [-0.4, -0.2) is 42.6 Å². The number of carbonyl (C=O) groups is 2. The lowest BCUT2D eigenvalue weighted by Gasteiger charge is -2.21. The summed E-state index contributed by atoms with van der Waals surface area (Å²) in [6.07, 6.45) is 8.91. The molecule has 3 N–H and O–H groups in total. The molecule has 37 heavy (non-hydrogen) atoms. The highest BCUT2D eigenvalue weighted by atomic mass is 16.2. The second-order valence-electron chi connectivity index (χ2n) is 9.30. The molecule has 0 spiro atoms. The Balaban J connectivity index is 1.32. The van der Waals surface area contributed by atoms with E-state index < -0.39 is 0 Å². The molecule has 2 amide bonds. The lowest BCUT2D eigenvalue weighted by molar-refractivity contribution is -0.126. The molecule has 1 saturated carbocycles. The van der Waals surface area contributed by atoms with Crippen molar-refractivity contribution in [3.8, 4) is 23.1 Å². The average Bonchev–Trinajstić information content (AvgIpc) is 3.47. The van der Waals surface area contributed by atoms with Crippen molar-refractivity contribution < 1.29 is 9.59 Å². The van der Waals surface area contributed by atoms with Gasteiger partial charge in [0.05, 0.1) is 6.04 Å².